The van der Waals surface area contributed by atoms with E-state index in [4.69, 9.17) is 0 Å². The van der Waals surface area contributed by atoms with Crippen molar-refractivity contribution in [3.63, 3.8) is 0 Å². The zero-order valence-corrected chi connectivity index (χ0v) is 14.5. The van der Waals surface area contributed by atoms with Crippen LogP contribution in [-0.2, 0) is 0 Å². The number of anilines is 1. The molecule has 3 heterocycles. The molecule has 5 nitrogen and oxygen atoms in total. The summed E-state index contributed by atoms with van der Waals surface area (Å²) < 4.78 is 0. The third-order valence-corrected chi connectivity index (χ3v) is 4.59. The smallest absolute Gasteiger partial charge is 0.257 e. The van der Waals surface area contributed by atoms with E-state index in [0.29, 0.717) is 11.3 Å². The maximum absolute atomic E-state index is 12.3. The minimum absolute atomic E-state index is 0.192. The van der Waals surface area contributed by atoms with Crippen molar-refractivity contribution in [2.45, 2.75) is 0 Å². The standard InChI is InChI=1S/C20H14N4OS/c25-19(15-6-4-9-21-12-15)23-16-7-3-5-14(11-16)18-13-26-20(24-18)17-8-1-2-10-22-17/h1-13H,(H,23,25). The lowest BCUT2D eigenvalue weighted by molar-refractivity contribution is 0.102. The average molecular weight is 358 g/mol. The molecular formula is C20H14N4OS. The van der Waals surface area contributed by atoms with Crippen molar-refractivity contribution in [2.24, 2.45) is 0 Å². The van der Waals surface area contributed by atoms with E-state index in [2.05, 4.69) is 20.3 Å². The predicted octanol–water partition coefficient (Wildman–Crippen LogP) is 4.52. The van der Waals surface area contributed by atoms with Crippen molar-refractivity contribution in [3.8, 4) is 22.0 Å². The summed E-state index contributed by atoms with van der Waals surface area (Å²) in [5.41, 5.74) is 3.87. The van der Waals surface area contributed by atoms with Crippen LogP contribution in [0.2, 0.25) is 0 Å². The average Bonchev–Trinajstić information content (AvgIpc) is 3.20. The molecule has 26 heavy (non-hydrogen) atoms. The molecule has 4 aromatic rings. The zero-order chi connectivity index (χ0) is 17.8. The molecule has 0 radical (unpaired) electrons. The number of thiazole rings is 1. The molecule has 0 aliphatic heterocycles. The highest BCUT2D eigenvalue weighted by Crippen LogP contribution is 2.29. The predicted molar refractivity (Wildman–Crippen MR) is 103 cm³/mol. The highest BCUT2D eigenvalue weighted by atomic mass is 32.1. The van der Waals surface area contributed by atoms with Gasteiger partial charge >= 0.3 is 0 Å². The van der Waals surface area contributed by atoms with Crippen LogP contribution in [0, 0.1) is 0 Å². The summed E-state index contributed by atoms with van der Waals surface area (Å²) in [7, 11) is 0. The number of nitrogens with zero attached hydrogens (tertiary/aromatic N) is 3. The molecule has 1 aromatic carbocycles. The van der Waals surface area contributed by atoms with Crippen LogP contribution in [0.25, 0.3) is 22.0 Å². The van der Waals surface area contributed by atoms with Crippen LogP contribution in [0.15, 0.2) is 78.6 Å². The highest BCUT2D eigenvalue weighted by molar-refractivity contribution is 7.13. The van der Waals surface area contributed by atoms with E-state index in [1.165, 1.54) is 0 Å². The fourth-order valence-electron chi connectivity index (χ4n) is 2.47. The maximum atomic E-state index is 12.3. The SMILES string of the molecule is O=C(Nc1cccc(-c2csc(-c3ccccn3)n2)c1)c1cccnc1. The second kappa shape index (κ2) is 7.25. The van der Waals surface area contributed by atoms with Gasteiger partial charge in [0.2, 0.25) is 0 Å². The number of pyridine rings is 2. The van der Waals surface area contributed by atoms with Gasteiger partial charge in [0.15, 0.2) is 0 Å². The van der Waals surface area contributed by atoms with Gasteiger partial charge in [-0.05, 0) is 36.4 Å². The van der Waals surface area contributed by atoms with E-state index in [9.17, 15) is 4.79 Å². The molecule has 126 valence electrons. The molecule has 0 atom stereocenters. The highest BCUT2D eigenvalue weighted by Gasteiger charge is 2.10. The first-order chi connectivity index (χ1) is 12.8. The summed E-state index contributed by atoms with van der Waals surface area (Å²) >= 11 is 1.54. The van der Waals surface area contributed by atoms with Crippen LogP contribution >= 0.6 is 11.3 Å². The number of carbonyl (C=O) groups excluding carboxylic acids is 1. The number of hydrogen-bond acceptors (Lipinski definition) is 5. The number of aromatic nitrogens is 3. The fourth-order valence-corrected chi connectivity index (χ4v) is 3.27. The molecule has 0 bridgehead atoms. The lowest BCUT2D eigenvalue weighted by Crippen LogP contribution is -2.11. The van der Waals surface area contributed by atoms with Crippen molar-refractivity contribution < 1.29 is 4.79 Å². The summed E-state index contributed by atoms with van der Waals surface area (Å²) in [6.07, 6.45) is 4.93. The molecule has 1 amide bonds. The van der Waals surface area contributed by atoms with E-state index in [-0.39, 0.29) is 5.91 Å². The van der Waals surface area contributed by atoms with Crippen molar-refractivity contribution in [1.82, 2.24) is 15.0 Å². The lowest BCUT2D eigenvalue weighted by atomic mass is 10.1. The van der Waals surface area contributed by atoms with Crippen LogP contribution in [0.3, 0.4) is 0 Å². The van der Waals surface area contributed by atoms with Gasteiger partial charge in [-0.2, -0.15) is 0 Å². The monoisotopic (exact) mass is 358 g/mol. The molecule has 6 heteroatoms. The van der Waals surface area contributed by atoms with Gasteiger partial charge in [0.05, 0.1) is 17.0 Å². The third kappa shape index (κ3) is 3.50. The molecule has 0 aliphatic carbocycles. The Balaban J connectivity index is 1.57. The van der Waals surface area contributed by atoms with Crippen LogP contribution in [0.5, 0.6) is 0 Å². The van der Waals surface area contributed by atoms with E-state index < -0.39 is 0 Å². The Bertz CT molecular complexity index is 1030. The fraction of sp³-hybridized carbons (Fsp3) is 0. The van der Waals surface area contributed by atoms with Crippen molar-refractivity contribution in [2.75, 3.05) is 5.32 Å². The first-order valence-electron chi connectivity index (χ1n) is 7.98. The largest absolute Gasteiger partial charge is 0.322 e. The summed E-state index contributed by atoms with van der Waals surface area (Å²) in [5.74, 6) is -0.192. The van der Waals surface area contributed by atoms with Gasteiger partial charge < -0.3 is 5.32 Å². The van der Waals surface area contributed by atoms with Gasteiger partial charge in [-0.15, -0.1) is 11.3 Å². The Morgan fingerprint density at radius 2 is 1.92 bits per heavy atom. The number of carbonyl (C=O) groups is 1. The van der Waals surface area contributed by atoms with E-state index in [1.807, 2.05) is 47.8 Å². The second-order valence-corrected chi connectivity index (χ2v) is 6.39. The van der Waals surface area contributed by atoms with Crippen LogP contribution in [0.1, 0.15) is 10.4 Å². The molecule has 3 aromatic heterocycles. The summed E-state index contributed by atoms with van der Waals surface area (Å²) in [6.45, 7) is 0. The lowest BCUT2D eigenvalue weighted by Gasteiger charge is -2.06. The summed E-state index contributed by atoms with van der Waals surface area (Å²) in [5, 5.41) is 5.75. The molecule has 0 aliphatic rings. The Hall–Kier alpha value is -3.38. The normalized spacial score (nSPS) is 10.5. The van der Waals surface area contributed by atoms with Gasteiger partial charge in [0.25, 0.3) is 5.91 Å². The minimum atomic E-state index is -0.192. The summed E-state index contributed by atoms with van der Waals surface area (Å²) in [4.78, 5) is 25.2. The second-order valence-electron chi connectivity index (χ2n) is 5.53. The Kier molecular flexibility index (Phi) is 4.49. The topological polar surface area (TPSA) is 67.8 Å². The van der Waals surface area contributed by atoms with E-state index in [0.717, 1.165) is 22.0 Å². The molecule has 0 fully saturated rings. The molecule has 0 spiro atoms. The van der Waals surface area contributed by atoms with Crippen molar-refractivity contribution in [1.29, 1.82) is 0 Å². The van der Waals surface area contributed by atoms with Gasteiger partial charge in [-0.25, -0.2) is 4.98 Å². The maximum Gasteiger partial charge on any atom is 0.257 e. The van der Waals surface area contributed by atoms with Gasteiger partial charge in [0.1, 0.15) is 5.01 Å². The molecule has 0 saturated carbocycles. The van der Waals surface area contributed by atoms with Gasteiger partial charge in [-0.1, -0.05) is 18.2 Å². The third-order valence-electron chi connectivity index (χ3n) is 3.73. The van der Waals surface area contributed by atoms with Gasteiger partial charge in [-0.3, -0.25) is 14.8 Å². The molecule has 1 N–H and O–H groups in total. The van der Waals surface area contributed by atoms with Crippen LogP contribution in [-0.4, -0.2) is 20.9 Å². The van der Waals surface area contributed by atoms with E-state index in [1.54, 1.807) is 42.1 Å². The zero-order valence-electron chi connectivity index (χ0n) is 13.7. The van der Waals surface area contributed by atoms with E-state index >= 15 is 0 Å². The quantitative estimate of drug-likeness (QED) is 0.582. The first-order valence-corrected chi connectivity index (χ1v) is 8.86. The molecular weight excluding hydrogens is 344 g/mol. The molecule has 0 unspecified atom stereocenters. The van der Waals surface area contributed by atoms with Crippen LogP contribution in [0.4, 0.5) is 5.69 Å². The number of hydrogen-bond donors (Lipinski definition) is 1. The van der Waals surface area contributed by atoms with Crippen molar-refractivity contribution >= 4 is 22.9 Å². The molecule has 4 rings (SSSR count). The van der Waals surface area contributed by atoms with Gasteiger partial charge in [0, 0.05) is 35.2 Å². The Labute approximate surface area is 154 Å². The minimum Gasteiger partial charge on any atom is -0.322 e. The number of rotatable bonds is 4. The number of nitrogens with one attached hydrogen (secondary N) is 1. The first kappa shape index (κ1) is 16.1. The van der Waals surface area contributed by atoms with Crippen molar-refractivity contribution in [3.05, 3.63) is 84.1 Å². The molecule has 0 saturated heterocycles. The number of amides is 1. The Morgan fingerprint density at radius 3 is 2.73 bits per heavy atom. The summed E-state index contributed by atoms with van der Waals surface area (Å²) in [6, 6.07) is 16.9. The Morgan fingerprint density at radius 1 is 0.962 bits per heavy atom. The van der Waals surface area contributed by atoms with Crippen LogP contribution < -0.4 is 5.32 Å². The number of benzene rings is 1.